The van der Waals surface area contributed by atoms with E-state index in [4.69, 9.17) is 4.74 Å². The fourth-order valence-corrected chi connectivity index (χ4v) is 7.95. The molecule has 0 spiro atoms. The quantitative estimate of drug-likeness (QED) is 0.259. The molecule has 3 saturated carbocycles. The van der Waals surface area contributed by atoms with Crippen molar-refractivity contribution >= 4 is 11.8 Å². The highest BCUT2D eigenvalue weighted by Gasteiger charge is 2.57. The molecular weight excluding hydrogens is 396 g/mol. The molecule has 0 bridgehead atoms. The predicted molar refractivity (Wildman–Crippen MR) is 129 cm³/mol. The number of hydrogen-bond donors (Lipinski definition) is 0. The van der Waals surface area contributed by atoms with Crippen molar-refractivity contribution in [2.75, 3.05) is 0 Å². The second kappa shape index (κ2) is 10.9. The zero-order valence-electron chi connectivity index (χ0n) is 20.7. The molecule has 0 N–H and O–H groups in total. The Hall–Kier alpha value is -1.12. The van der Waals surface area contributed by atoms with Crippen molar-refractivity contribution < 1.29 is 14.3 Å². The van der Waals surface area contributed by atoms with Crippen molar-refractivity contribution in [1.82, 2.24) is 0 Å². The summed E-state index contributed by atoms with van der Waals surface area (Å²) in [6.07, 6.45) is 21.7. The van der Waals surface area contributed by atoms with Gasteiger partial charge in [-0.25, -0.2) is 0 Å². The molecule has 3 heteroatoms. The van der Waals surface area contributed by atoms with Crippen molar-refractivity contribution in [3.05, 3.63) is 11.6 Å². The maximum Gasteiger partial charge on any atom is 0.306 e. The van der Waals surface area contributed by atoms with Crippen molar-refractivity contribution in [2.45, 2.75) is 129 Å². The third-order valence-electron chi connectivity index (χ3n) is 9.72. The number of unbranched alkanes of at least 4 members (excludes halogenated alkanes) is 7. The number of carbonyl (C=O) groups is 2. The van der Waals surface area contributed by atoms with E-state index in [2.05, 4.69) is 13.8 Å². The maximum atomic E-state index is 12.6. The van der Waals surface area contributed by atoms with E-state index in [9.17, 15) is 9.59 Å². The summed E-state index contributed by atoms with van der Waals surface area (Å²) in [6, 6.07) is 0. The Morgan fingerprint density at radius 3 is 2.47 bits per heavy atom. The molecule has 0 aromatic rings. The summed E-state index contributed by atoms with van der Waals surface area (Å²) in [5.41, 5.74) is 1.62. The Balaban J connectivity index is 1.24. The van der Waals surface area contributed by atoms with Crippen LogP contribution >= 0.6 is 0 Å². The SMILES string of the molecule is CCCCCCCCCCC(=O)O[C@@H]1CC[C@@H]2[C@@H]3CCC4=CC(=O)CC[C@@H]4[C@@H]3CC[C@@]21C. The van der Waals surface area contributed by atoms with E-state index in [1.165, 1.54) is 69.8 Å². The van der Waals surface area contributed by atoms with Gasteiger partial charge in [0.05, 0.1) is 0 Å². The van der Waals surface area contributed by atoms with E-state index in [0.29, 0.717) is 24.0 Å². The van der Waals surface area contributed by atoms with Gasteiger partial charge in [-0.1, -0.05) is 64.4 Å². The van der Waals surface area contributed by atoms with Gasteiger partial charge >= 0.3 is 5.97 Å². The number of esters is 1. The van der Waals surface area contributed by atoms with Crippen LogP contribution in [0.15, 0.2) is 11.6 Å². The van der Waals surface area contributed by atoms with E-state index in [1.807, 2.05) is 6.08 Å². The Labute approximate surface area is 196 Å². The molecule has 3 nitrogen and oxygen atoms in total. The van der Waals surface area contributed by atoms with Crippen LogP contribution in [-0.4, -0.2) is 17.9 Å². The van der Waals surface area contributed by atoms with Gasteiger partial charge in [0.2, 0.25) is 0 Å². The number of ether oxygens (including phenoxy) is 1. The van der Waals surface area contributed by atoms with Crippen molar-refractivity contribution in [2.24, 2.45) is 29.1 Å². The van der Waals surface area contributed by atoms with Gasteiger partial charge in [-0.15, -0.1) is 0 Å². The molecule has 0 aromatic heterocycles. The molecule has 180 valence electrons. The van der Waals surface area contributed by atoms with Crippen molar-refractivity contribution in [3.8, 4) is 0 Å². The number of carbonyl (C=O) groups excluding carboxylic acids is 2. The van der Waals surface area contributed by atoms with Crippen LogP contribution in [0.3, 0.4) is 0 Å². The Morgan fingerprint density at radius 1 is 0.938 bits per heavy atom. The molecular formula is C29H46O3. The summed E-state index contributed by atoms with van der Waals surface area (Å²) >= 11 is 0. The van der Waals surface area contributed by atoms with Gasteiger partial charge in [-0.3, -0.25) is 9.59 Å². The molecule has 3 fully saturated rings. The number of ketones is 1. The molecule has 4 aliphatic rings. The molecule has 0 unspecified atom stereocenters. The molecule has 0 saturated heterocycles. The third kappa shape index (κ3) is 5.17. The van der Waals surface area contributed by atoms with Gasteiger partial charge in [-0.2, -0.15) is 0 Å². The lowest BCUT2D eigenvalue weighted by Gasteiger charge is -2.53. The minimum absolute atomic E-state index is 0.0460. The largest absolute Gasteiger partial charge is 0.462 e. The zero-order chi connectivity index (χ0) is 22.6. The number of rotatable bonds is 10. The third-order valence-corrected chi connectivity index (χ3v) is 9.72. The first-order chi connectivity index (χ1) is 15.5. The predicted octanol–water partition coefficient (Wildman–Crippen LogP) is 7.57. The average molecular weight is 443 g/mol. The maximum absolute atomic E-state index is 12.6. The number of fused-ring (bicyclic) bond motifs is 5. The van der Waals surface area contributed by atoms with E-state index < -0.39 is 0 Å². The van der Waals surface area contributed by atoms with Crippen LogP contribution in [0.1, 0.15) is 123 Å². The van der Waals surface area contributed by atoms with Crippen molar-refractivity contribution in [3.63, 3.8) is 0 Å². The highest BCUT2D eigenvalue weighted by molar-refractivity contribution is 5.91. The standard InChI is InChI=1S/C29H46O3/c1-3-4-5-6-7-8-9-10-11-28(31)32-27-17-16-26-25-14-12-21-20-22(30)13-15-23(21)24(25)18-19-29(26,27)2/h20,23-27H,3-19H2,1-2H3/t23-,24-,25+,26+,27+,29-/m0/s1. The van der Waals surface area contributed by atoms with Gasteiger partial charge < -0.3 is 4.74 Å². The molecule has 0 aromatic carbocycles. The summed E-state index contributed by atoms with van der Waals surface area (Å²) in [7, 11) is 0. The topological polar surface area (TPSA) is 43.4 Å². The fraction of sp³-hybridized carbons (Fsp3) is 0.862. The van der Waals surface area contributed by atoms with Crippen LogP contribution < -0.4 is 0 Å². The normalized spacial score (nSPS) is 36.1. The van der Waals surface area contributed by atoms with Gasteiger partial charge in [0.25, 0.3) is 0 Å². The molecule has 4 rings (SSSR count). The lowest BCUT2D eigenvalue weighted by molar-refractivity contribution is -0.159. The molecule has 0 amide bonds. The first-order valence-electron chi connectivity index (χ1n) is 14.0. The Morgan fingerprint density at radius 2 is 1.69 bits per heavy atom. The summed E-state index contributed by atoms with van der Waals surface area (Å²) in [5, 5.41) is 0. The summed E-state index contributed by atoms with van der Waals surface area (Å²) in [5.74, 6) is 3.26. The first-order valence-corrected chi connectivity index (χ1v) is 14.0. The van der Waals surface area contributed by atoms with E-state index in [0.717, 1.165) is 50.4 Å². The Bertz CT molecular complexity index is 695. The molecule has 0 aliphatic heterocycles. The monoisotopic (exact) mass is 442 g/mol. The van der Waals surface area contributed by atoms with Gasteiger partial charge in [-0.05, 0) is 81.1 Å². The molecule has 4 aliphatic carbocycles. The molecule has 6 atom stereocenters. The number of allylic oxidation sites excluding steroid dienone is 1. The highest BCUT2D eigenvalue weighted by atomic mass is 16.5. The van der Waals surface area contributed by atoms with Gasteiger partial charge in [0, 0.05) is 18.3 Å². The summed E-state index contributed by atoms with van der Waals surface area (Å²) in [4.78, 5) is 24.5. The molecule has 0 heterocycles. The van der Waals surface area contributed by atoms with E-state index >= 15 is 0 Å². The second-order valence-electron chi connectivity index (χ2n) is 11.6. The van der Waals surface area contributed by atoms with Gasteiger partial charge in [0.1, 0.15) is 6.10 Å². The summed E-state index contributed by atoms with van der Waals surface area (Å²) < 4.78 is 6.15. The van der Waals surface area contributed by atoms with Crippen molar-refractivity contribution in [1.29, 1.82) is 0 Å². The van der Waals surface area contributed by atoms with Crippen LogP contribution in [0, 0.1) is 29.1 Å². The lowest BCUT2D eigenvalue weighted by Crippen LogP contribution is -2.48. The fourth-order valence-electron chi connectivity index (χ4n) is 7.95. The second-order valence-corrected chi connectivity index (χ2v) is 11.6. The first kappa shape index (κ1) is 24.0. The average Bonchev–Trinajstić information content (AvgIpc) is 3.11. The van der Waals surface area contributed by atoms with Gasteiger partial charge in [0.15, 0.2) is 5.78 Å². The molecule has 0 radical (unpaired) electrons. The number of hydrogen-bond acceptors (Lipinski definition) is 3. The molecule has 32 heavy (non-hydrogen) atoms. The lowest BCUT2D eigenvalue weighted by atomic mass is 9.52. The Kier molecular flexibility index (Phi) is 8.16. The van der Waals surface area contributed by atoms with Crippen LogP contribution in [0.2, 0.25) is 0 Å². The minimum Gasteiger partial charge on any atom is -0.462 e. The minimum atomic E-state index is 0.0460. The van der Waals surface area contributed by atoms with Crippen LogP contribution in [-0.2, 0) is 14.3 Å². The van der Waals surface area contributed by atoms with E-state index in [1.54, 1.807) is 0 Å². The van der Waals surface area contributed by atoms with Crippen LogP contribution in [0.25, 0.3) is 0 Å². The van der Waals surface area contributed by atoms with E-state index in [-0.39, 0.29) is 17.5 Å². The summed E-state index contributed by atoms with van der Waals surface area (Å²) in [6.45, 7) is 4.68. The highest BCUT2D eigenvalue weighted by Crippen LogP contribution is 2.62. The zero-order valence-corrected chi connectivity index (χ0v) is 20.7. The smallest absolute Gasteiger partial charge is 0.306 e. The van der Waals surface area contributed by atoms with Crippen LogP contribution in [0.4, 0.5) is 0 Å². The van der Waals surface area contributed by atoms with Crippen LogP contribution in [0.5, 0.6) is 0 Å².